The fraction of sp³-hybridized carbons (Fsp3) is 0. The molecule has 24 valence electrons. The molecule has 0 unspecified atom stereocenters. The molecule has 4 heteroatoms. The maximum Gasteiger partial charge on any atom is 0.129 e. The Bertz CT molecular complexity index is 6.00. The smallest absolute Gasteiger partial charge is 0.129 e. The third-order valence-corrected chi connectivity index (χ3v) is 0. The van der Waals surface area contributed by atoms with E-state index in [1.54, 1.807) is 0 Å². The van der Waals surface area contributed by atoms with Gasteiger partial charge in [-0.05, 0) is 0 Å². The minimum atomic E-state index is 0. The SMILES string of the molecule is [Pb].[SiH3]O[SiH3]. The zero-order valence-corrected chi connectivity index (χ0v) is 10.8. The Morgan fingerprint density at radius 1 is 1.25 bits per heavy atom. The van der Waals surface area contributed by atoms with Crippen molar-refractivity contribution in [3.05, 3.63) is 0 Å². The minimum Gasteiger partial charge on any atom is -0.471 e. The molecule has 1 nitrogen and oxygen atoms in total. The summed E-state index contributed by atoms with van der Waals surface area (Å²) in [5, 5.41) is 0. The van der Waals surface area contributed by atoms with E-state index in [1.807, 2.05) is 0 Å². The van der Waals surface area contributed by atoms with Crippen molar-refractivity contribution in [2.75, 3.05) is 0 Å². The summed E-state index contributed by atoms with van der Waals surface area (Å²) in [6.45, 7) is 0. The van der Waals surface area contributed by atoms with Crippen LogP contribution in [-0.4, -0.2) is 48.3 Å². The number of rotatable bonds is 0. The average molecular weight is 285 g/mol. The summed E-state index contributed by atoms with van der Waals surface area (Å²) in [7, 11) is 1.86. The maximum atomic E-state index is 4.53. The van der Waals surface area contributed by atoms with Crippen molar-refractivity contribution < 1.29 is 4.12 Å². The monoisotopic (exact) mass is 286 g/mol. The molecule has 0 atom stereocenters. The van der Waals surface area contributed by atoms with Crippen molar-refractivity contribution in [2.24, 2.45) is 0 Å². The third-order valence-electron chi connectivity index (χ3n) is 0. The molecule has 0 saturated heterocycles. The van der Waals surface area contributed by atoms with Gasteiger partial charge in [-0.25, -0.2) is 0 Å². The Labute approximate surface area is 52.4 Å². The van der Waals surface area contributed by atoms with Gasteiger partial charge in [0.2, 0.25) is 0 Å². The predicted octanol–water partition coefficient (Wildman–Crippen LogP) is -2.82. The molecule has 0 heterocycles. The summed E-state index contributed by atoms with van der Waals surface area (Å²) in [5.41, 5.74) is 0. The van der Waals surface area contributed by atoms with Crippen molar-refractivity contribution in [3.63, 3.8) is 0 Å². The number of hydrogen-bond donors (Lipinski definition) is 0. The van der Waals surface area contributed by atoms with Crippen LogP contribution in [0.15, 0.2) is 0 Å². The van der Waals surface area contributed by atoms with Crippen molar-refractivity contribution >= 4 is 48.3 Å². The molecule has 4 radical (unpaired) electrons. The van der Waals surface area contributed by atoms with E-state index < -0.39 is 0 Å². The molecular weight excluding hydrogens is 279 g/mol. The molecule has 0 fully saturated rings. The van der Waals surface area contributed by atoms with Crippen LogP contribution in [0.5, 0.6) is 0 Å². The van der Waals surface area contributed by atoms with Gasteiger partial charge in [-0.2, -0.15) is 0 Å². The third kappa shape index (κ3) is 10.3. The Morgan fingerprint density at radius 3 is 1.25 bits per heavy atom. The van der Waals surface area contributed by atoms with E-state index in [0.717, 1.165) is 21.0 Å². The minimum absolute atomic E-state index is 0. The molecule has 0 N–H and O–H groups in total. The quantitative estimate of drug-likeness (QED) is 0.437. The second kappa shape index (κ2) is 8.85. The van der Waals surface area contributed by atoms with Gasteiger partial charge in [0.15, 0.2) is 0 Å². The average Bonchev–Trinajstić information content (AvgIpc) is 0.918. The first kappa shape index (κ1) is 9.01. The molecule has 0 aromatic carbocycles. The molecule has 0 aromatic heterocycles. The maximum absolute atomic E-state index is 4.53. The molecule has 0 amide bonds. The molecular formula is H6OPbSi2. The van der Waals surface area contributed by atoms with Crippen molar-refractivity contribution in [1.82, 2.24) is 0 Å². The summed E-state index contributed by atoms with van der Waals surface area (Å²) in [6, 6.07) is 0. The molecule has 0 rings (SSSR count). The predicted molar refractivity (Wildman–Crippen MR) is 26.7 cm³/mol. The molecule has 0 saturated carbocycles. The van der Waals surface area contributed by atoms with Crippen LogP contribution in [0.25, 0.3) is 0 Å². The van der Waals surface area contributed by atoms with Gasteiger partial charge in [-0.1, -0.05) is 0 Å². The Morgan fingerprint density at radius 2 is 1.25 bits per heavy atom. The largest absolute Gasteiger partial charge is 0.471 e. The van der Waals surface area contributed by atoms with Crippen LogP contribution in [0.3, 0.4) is 0 Å². The number of hydrogen-bond acceptors (Lipinski definition) is 1. The first-order valence-corrected chi connectivity index (χ1v) is 2.45. The van der Waals surface area contributed by atoms with Crippen molar-refractivity contribution in [2.45, 2.75) is 0 Å². The summed E-state index contributed by atoms with van der Waals surface area (Å²) >= 11 is 0. The summed E-state index contributed by atoms with van der Waals surface area (Å²) in [4.78, 5) is 0. The second-order valence-corrected chi connectivity index (χ2v) is 3.67. The molecule has 0 aromatic rings. The summed E-state index contributed by atoms with van der Waals surface area (Å²) in [5.74, 6) is 0. The van der Waals surface area contributed by atoms with Crippen LogP contribution >= 0.6 is 0 Å². The fourth-order valence-corrected chi connectivity index (χ4v) is 0. The molecule has 0 aliphatic rings. The second-order valence-electron chi connectivity index (χ2n) is 0.408. The van der Waals surface area contributed by atoms with Crippen molar-refractivity contribution in [1.29, 1.82) is 0 Å². The van der Waals surface area contributed by atoms with E-state index in [0.29, 0.717) is 0 Å². The summed E-state index contributed by atoms with van der Waals surface area (Å²) in [6.07, 6.45) is 0. The zero-order chi connectivity index (χ0) is 2.71. The van der Waals surface area contributed by atoms with E-state index in [1.165, 1.54) is 0 Å². The van der Waals surface area contributed by atoms with Crippen LogP contribution in [0, 0.1) is 0 Å². The van der Waals surface area contributed by atoms with Gasteiger partial charge in [0.25, 0.3) is 0 Å². The Balaban J connectivity index is 0. The van der Waals surface area contributed by atoms with Crippen LogP contribution in [-0.2, 0) is 4.12 Å². The van der Waals surface area contributed by atoms with Crippen LogP contribution in [0.1, 0.15) is 0 Å². The first-order valence-electron chi connectivity index (χ1n) is 0.816. The van der Waals surface area contributed by atoms with Gasteiger partial charge < -0.3 is 4.12 Å². The molecule has 0 spiro atoms. The molecule has 0 aliphatic carbocycles. The van der Waals surface area contributed by atoms with Gasteiger partial charge in [0, 0.05) is 27.3 Å². The topological polar surface area (TPSA) is 9.23 Å². The standard InChI is InChI=1S/H6OSi2.Pb/c2-1-3;/h2-3H3;. The van der Waals surface area contributed by atoms with Crippen LogP contribution in [0.4, 0.5) is 0 Å². The van der Waals surface area contributed by atoms with Crippen LogP contribution < -0.4 is 0 Å². The Kier molecular flexibility index (Phi) is 19.9. The molecule has 4 heavy (non-hydrogen) atoms. The van der Waals surface area contributed by atoms with Gasteiger partial charge in [-0.15, -0.1) is 0 Å². The van der Waals surface area contributed by atoms with Gasteiger partial charge in [0.05, 0.1) is 0 Å². The van der Waals surface area contributed by atoms with Gasteiger partial charge in [-0.3, -0.25) is 0 Å². The van der Waals surface area contributed by atoms with Gasteiger partial charge >= 0.3 is 0 Å². The van der Waals surface area contributed by atoms with E-state index in [4.69, 9.17) is 0 Å². The van der Waals surface area contributed by atoms with Crippen LogP contribution in [0.2, 0.25) is 0 Å². The van der Waals surface area contributed by atoms with E-state index >= 15 is 0 Å². The van der Waals surface area contributed by atoms with Crippen molar-refractivity contribution in [3.8, 4) is 0 Å². The molecule has 0 bridgehead atoms. The van der Waals surface area contributed by atoms with E-state index in [2.05, 4.69) is 4.12 Å². The van der Waals surface area contributed by atoms with Gasteiger partial charge in [0.1, 0.15) is 21.0 Å². The fourth-order valence-electron chi connectivity index (χ4n) is 0. The van der Waals surface area contributed by atoms with E-state index in [9.17, 15) is 0 Å². The Hall–Kier alpha value is 1.32. The summed E-state index contributed by atoms with van der Waals surface area (Å²) < 4.78 is 4.53. The zero-order valence-electron chi connectivity index (χ0n) is 2.91. The normalized spacial score (nSPS) is 6.00. The molecule has 0 aliphatic heterocycles. The first-order chi connectivity index (χ1) is 1.41. The van der Waals surface area contributed by atoms with E-state index in [-0.39, 0.29) is 27.3 Å².